The average molecular weight is 270 g/mol. The lowest BCUT2D eigenvalue weighted by Crippen LogP contribution is -2.14. The van der Waals surface area contributed by atoms with Crippen molar-refractivity contribution in [2.45, 2.75) is 0 Å². The van der Waals surface area contributed by atoms with Crippen LogP contribution in [0.15, 0.2) is 35.4 Å². The van der Waals surface area contributed by atoms with E-state index in [2.05, 4.69) is 15.1 Å². The zero-order valence-corrected chi connectivity index (χ0v) is 10.2. The Morgan fingerprint density at radius 1 is 1.35 bits per heavy atom. The number of anilines is 1. The molecule has 1 amide bonds. The number of nitrogens with one attached hydrogen (secondary N) is 1. The van der Waals surface area contributed by atoms with Crippen molar-refractivity contribution in [1.29, 1.82) is 0 Å². The number of nitrogens with zero attached hydrogens (tertiary/aromatic N) is 3. The third kappa shape index (κ3) is 1.88. The zero-order valence-electron chi connectivity index (χ0n) is 10.2. The summed E-state index contributed by atoms with van der Waals surface area (Å²) in [7, 11) is 0. The average Bonchev–Trinajstić information content (AvgIpc) is 2.89. The molecule has 8 heteroatoms. The number of benzene rings is 1. The van der Waals surface area contributed by atoms with E-state index in [0.717, 1.165) is 0 Å². The highest BCUT2D eigenvalue weighted by Crippen LogP contribution is 2.12. The first-order chi connectivity index (χ1) is 9.54. The number of primary amides is 1. The molecule has 3 aromatic rings. The molecule has 100 valence electrons. The van der Waals surface area contributed by atoms with Gasteiger partial charge in [0.1, 0.15) is 0 Å². The first-order valence-corrected chi connectivity index (χ1v) is 5.69. The number of amides is 1. The van der Waals surface area contributed by atoms with Crippen LogP contribution >= 0.6 is 0 Å². The van der Waals surface area contributed by atoms with E-state index in [9.17, 15) is 9.59 Å². The molecule has 8 nitrogen and oxygen atoms in total. The maximum Gasteiger partial charge on any atom is 0.260 e. The van der Waals surface area contributed by atoms with Crippen molar-refractivity contribution in [2.75, 3.05) is 5.73 Å². The van der Waals surface area contributed by atoms with E-state index in [-0.39, 0.29) is 17.1 Å². The van der Waals surface area contributed by atoms with Crippen molar-refractivity contribution in [3.05, 3.63) is 46.5 Å². The minimum Gasteiger partial charge on any atom is -0.399 e. The summed E-state index contributed by atoms with van der Waals surface area (Å²) in [6.07, 6.45) is 2.69. The Hall–Kier alpha value is -3.16. The van der Waals surface area contributed by atoms with Crippen LogP contribution in [-0.4, -0.2) is 25.7 Å². The first-order valence-electron chi connectivity index (χ1n) is 5.69. The van der Waals surface area contributed by atoms with E-state index in [4.69, 9.17) is 11.5 Å². The summed E-state index contributed by atoms with van der Waals surface area (Å²) in [5, 5.41) is 4.32. The number of nitrogen functional groups attached to an aromatic ring is 1. The lowest BCUT2D eigenvalue weighted by molar-refractivity contribution is 0.100. The van der Waals surface area contributed by atoms with Gasteiger partial charge in [0, 0.05) is 11.9 Å². The van der Waals surface area contributed by atoms with Crippen molar-refractivity contribution < 1.29 is 4.79 Å². The van der Waals surface area contributed by atoms with Gasteiger partial charge in [-0.3, -0.25) is 14.6 Å². The van der Waals surface area contributed by atoms with Gasteiger partial charge >= 0.3 is 0 Å². The molecule has 2 aromatic heterocycles. The number of nitrogens with two attached hydrogens (primary N) is 2. The van der Waals surface area contributed by atoms with E-state index in [1.165, 1.54) is 17.1 Å². The van der Waals surface area contributed by atoms with Gasteiger partial charge in [0.25, 0.3) is 11.5 Å². The third-order valence-electron chi connectivity index (χ3n) is 2.80. The van der Waals surface area contributed by atoms with Gasteiger partial charge in [-0.2, -0.15) is 5.10 Å². The number of H-pyrrole nitrogens is 1. The van der Waals surface area contributed by atoms with E-state index < -0.39 is 5.91 Å². The second kappa shape index (κ2) is 4.19. The van der Waals surface area contributed by atoms with Crippen LogP contribution in [0.5, 0.6) is 0 Å². The van der Waals surface area contributed by atoms with Gasteiger partial charge in [-0.05, 0) is 18.2 Å². The highest BCUT2D eigenvalue weighted by Gasteiger charge is 2.09. The number of rotatable bonds is 2. The highest BCUT2D eigenvalue weighted by atomic mass is 16.1. The smallest absolute Gasteiger partial charge is 0.260 e. The third-order valence-corrected chi connectivity index (χ3v) is 2.80. The maximum absolute atomic E-state index is 12.0. The number of hydrogen-bond acceptors (Lipinski definition) is 5. The van der Waals surface area contributed by atoms with Crippen LogP contribution in [-0.2, 0) is 0 Å². The van der Waals surface area contributed by atoms with Gasteiger partial charge in [-0.15, -0.1) is 0 Å². The molecular formula is C12H10N6O2. The molecule has 20 heavy (non-hydrogen) atoms. The molecule has 0 saturated heterocycles. The van der Waals surface area contributed by atoms with Crippen molar-refractivity contribution in [1.82, 2.24) is 19.7 Å². The molecule has 0 aliphatic heterocycles. The molecule has 0 fully saturated rings. The molecule has 0 bridgehead atoms. The van der Waals surface area contributed by atoms with Gasteiger partial charge in [-0.25, -0.2) is 9.67 Å². The van der Waals surface area contributed by atoms with Crippen LogP contribution in [0, 0.1) is 0 Å². The van der Waals surface area contributed by atoms with E-state index >= 15 is 0 Å². The monoisotopic (exact) mass is 270 g/mol. The summed E-state index contributed by atoms with van der Waals surface area (Å²) < 4.78 is 1.28. The second-order valence-electron chi connectivity index (χ2n) is 4.20. The van der Waals surface area contributed by atoms with E-state index in [0.29, 0.717) is 16.6 Å². The van der Waals surface area contributed by atoms with Gasteiger partial charge in [0.05, 0.1) is 22.7 Å². The van der Waals surface area contributed by atoms with E-state index in [1.54, 1.807) is 18.2 Å². The molecule has 0 unspecified atom stereocenters. The molecule has 2 heterocycles. The summed E-state index contributed by atoms with van der Waals surface area (Å²) in [6, 6.07) is 4.83. The molecule has 1 aromatic carbocycles. The topological polar surface area (TPSA) is 133 Å². The first kappa shape index (κ1) is 11.9. The summed E-state index contributed by atoms with van der Waals surface area (Å²) in [5.74, 6) is -0.410. The van der Waals surface area contributed by atoms with Crippen molar-refractivity contribution >= 4 is 22.5 Å². The van der Waals surface area contributed by atoms with Gasteiger partial charge < -0.3 is 11.5 Å². The molecule has 0 saturated carbocycles. The van der Waals surface area contributed by atoms with Crippen molar-refractivity contribution in [3.8, 4) is 5.95 Å². The highest BCUT2D eigenvalue weighted by molar-refractivity contribution is 5.92. The number of hydrogen-bond donors (Lipinski definition) is 3. The fourth-order valence-corrected chi connectivity index (χ4v) is 1.82. The Labute approximate surface area is 112 Å². The molecule has 0 radical (unpaired) electrons. The van der Waals surface area contributed by atoms with Crippen molar-refractivity contribution in [3.63, 3.8) is 0 Å². The summed E-state index contributed by atoms with van der Waals surface area (Å²) in [4.78, 5) is 29.8. The van der Waals surface area contributed by atoms with Crippen LogP contribution in [0.1, 0.15) is 10.4 Å². The molecule has 0 aliphatic carbocycles. The predicted octanol–water partition coefficient (Wildman–Crippen LogP) is -0.210. The Bertz CT molecular complexity index is 879. The van der Waals surface area contributed by atoms with Crippen LogP contribution in [0.4, 0.5) is 5.69 Å². The largest absolute Gasteiger partial charge is 0.399 e. The Balaban J connectivity index is 2.19. The molecule has 5 N–H and O–H groups in total. The zero-order chi connectivity index (χ0) is 14.3. The van der Waals surface area contributed by atoms with Gasteiger partial charge in [0.2, 0.25) is 5.95 Å². The number of carbonyl (C=O) groups is 1. The fourth-order valence-electron chi connectivity index (χ4n) is 1.82. The number of aromatic amines is 1. The predicted molar refractivity (Wildman–Crippen MR) is 72.4 cm³/mol. The molecule has 0 atom stereocenters. The van der Waals surface area contributed by atoms with Crippen LogP contribution in [0.2, 0.25) is 0 Å². The van der Waals surface area contributed by atoms with E-state index in [1.807, 2.05) is 0 Å². The Kier molecular flexibility index (Phi) is 2.50. The van der Waals surface area contributed by atoms with Crippen molar-refractivity contribution in [2.24, 2.45) is 5.73 Å². The quantitative estimate of drug-likeness (QED) is 0.554. The summed E-state index contributed by atoms with van der Waals surface area (Å²) >= 11 is 0. The molecular weight excluding hydrogens is 260 g/mol. The Morgan fingerprint density at radius 2 is 2.15 bits per heavy atom. The standard InChI is InChI=1S/C12H10N6O2/c13-7-1-2-9-8(3-7)11(20)17-12(16-9)18-5-6(4-15-18)10(14)19/h1-5H,13H2,(H2,14,19)(H,16,17,20). The number of carbonyl (C=O) groups excluding carboxylic acids is 1. The molecule has 0 spiro atoms. The minimum atomic E-state index is -0.604. The summed E-state index contributed by atoms with van der Waals surface area (Å²) in [6.45, 7) is 0. The van der Waals surface area contributed by atoms with Crippen LogP contribution in [0.3, 0.4) is 0 Å². The SMILES string of the molecule is NC(=O)c1cnn(-c2nc3ccc(N)cc3c(=O)[nH]2)c1. The lowest BCUT2D eigenvalue weighted by atomic mass is 10.2. The number of fused-ring (bicyclic) bond motifs is 1. The fraction of sp³-hybridized carbons (Fsp3) is 0. The Morgan fingerprint density at radius 3 is 2.85 bits per heavy atom. The molecule has 3 rings (SSSR count). The second-order valence-corrected chi connectivity index (χ2v) is 4.20. The summed E-state index contributed by atoms with van der Waals surface area (Å²) in [5.41, 5.74) is 11.6. The maximum atomic E-state index is 12.0. The minimum absolute atomic E-state index is 0.194. The normalized spacial score (nSPS) is 10.8. The lowest BCUT2D eigenvalue weighted by Gasteiger charge is -2.03. The van der Waals surface area contributed by atoms with Gasteiger partial charge in [-0.1, -0.05) is 0 Å². The molecule has 0 aliphatic rings. The number of aromatic nitrogens is 4. The van der Waals surface area contributed by atoms with Gasteiger partial charge in [0.15, 0.2) is 0 Å². The van der Waals surface area contributed by atoms with Crippen LogP contribution < -0.4 is 17.0 Å². The van der Waals surface area contributed by atoms with Crippen LogP contribution in [0.25, 0.3) is 16.9 Å².